The number of hydrogen-bond donors (Lipinski definition) is 0. The first kappa shape index (κ1) is 12.8. The first-order valence-corrected chi connectivity index (χ1v) is 5.42. The van der Waals surface area contributed by atoms with Gasteiger partial charge in [-0.25, -0.2) is 4.79 Å². The van der Waals surface area contributed by atoms with Crippen LogP contribution in [0.2, 0.25) is 0 Å². The van der Waals surface area contributed by atoms with Gasteiger partial charge in [0.25, 0.3) is 6.47 Å². The van der Waals surface area contributed by atoms with Crippen molar-refractivity contribution in [1.29, 1.82) is 0 Å². The van der Waals surface area contributed by atoms with Crippen molar-refractivity contribution < 1.29 is 19.1 Å². The van der Waals surface area contributed by atoms with Gasteiger partial charge < -0.3 is 14.4 Å². The Labute approximate surface area is 95.7 Å². The first-order chi connectivity index (χ1) is 7.33. The molecule has 1 saturated heterocycles. The standard InChI is InChI=1S/C11H19NO4/c1-8-5-9(15-7-13)6-12(8)10(14)16-11(2,3)4/h7-9H,5-6H2,1-4H3/t8-,9-/m0/s1. The average Bonchev–Trinajstić information content (AvgIpc) is 2.44. The fourth-order valence-corrected chi connectivity index (χ4v) is 1.73. The fourth-order valence-electron chi connectivity index (χ4n) is 1.73. The van der Waals surface area contributed by atoms with Gasteiger partial charge in [-0.3, -0.25) is 4.79 Å². The highest BCUT2D eigenvalue weighted by atomic mass is 16.6. The Morgan fingerprint density at radius 3 is 2.56 bits per heavy atom. The minimum atomic E-state index is -0.500. The summed E-state index contributed by atoms with van der Waals surface area (Å²) in [7, 11) is 0. The summed E-state index contributed by atoms with van der Waals surface area (Å²) in [5.41, 5.74) is -0.500. The van der Waals surface area contributed by atoms with Crippen LogP contribution in [-0.2, 0) is 14.3 Å². The molecule has 1 aliphatic heterocycles. The van der Waals surface area contributed by atoms with Gasteiger partial charge in [0.15, 0.2) is 0 Å². The molecule has 2 atom stereocenters. The van der Waals surface area contributed by atoms with Gasteiger partial charge in [0.2, 0.25) is 0 Å². The molecule has 0 spiro atoms. The van der Waals surface area contributed by atoms with E-state index in [-0.39, 0.29) is 18.2 Å². The second-order valence-corrected chi connectivity index (χ2v) is 5.07. The van der Waals surface area contributed by atoms with Crippen molar-refractivity contribution in [1.82, 2.24) is 4.90 Å². The zero-order chi connectivity index (χ0) is 12.3. The topological polar surface area (TPSA) is 55.8 Å². The van der Waals surface area contributed by atoms with E-state index >= 15 is 0 Å². The minimum Gasteiger partial charge on any atom is -0.463 e. The van der Waals surface area contributed by atoms with Crippen LogP contribution in [-0.4, -0.2) is 41.8 Å². The molecular weight excluding hydrogens is 210 g/mol. The number of carbonyl (C=O) groups excluding carboxylic acids is 2. The van der Waals surface area contributed by atoms with Crippen molar-refractivity contribution in [3.8, 4) is 0 Å². The Morgan fingerprint density at radius 1 is 1.44 bits per heavy atom. The lowest BCUT2D eigenvalue weighted by atomic mass is 10.2. The van der Waals surface area contributed by atoms with E-state index in [4.69, 9.17) is 9.47 Å². The Morgan fingerprint density at radius 2 is 2.06 bits per heavy atom. The summed E-state index contributed by atoms with van der Waals surface area (Å²) in [6, 6.07) is 0.0415. The molecule has 0 N–H and O–H groups in total. The summed E-state index contributed by atoms with van der Waals surface area (Å²) < 4.78 is 10.1. The van der Waals surface area contributed by atoms with Crippen LogP contribution >= 0.6 is 0 Å². The number of ether oxygens (including phenoxy) is 2. The molecule has 5 nitrogen and oxygen atoms in total. The van der Waals surface area contributed by atoms with Gasteiger partial charge in [-0.1, -0.05) is 0 Å². The lowest BCUT2D eigenvalue weighted by Gasteiger charge is -2.26. The largest absolute Gasteiger partial charge is 0.463 e. The maximum absolute atomic E-state index is 11.8. The second kappa shape index (κ2) is 4.72. The van der Waals surface area contributed by atoms with E-state index < -0.39 is 5.60 Å². The van der Waals surface area contributed by atoms with Crippen LogP contribution in [0.3, 0.4) is 0 Å². The van der Waals surface area contributed by atoms with Crippen LogP contribution in [0.25, 0.3) is 0 Å². The summed E-state index contributed by atoms with van der Waals surface area (Å²) in [5.74, 6) is 0. The van der Waals surface area contributed by atoms with Crippen LogP contribution in [0.5, 0.6) is 0 Å². The molecule has 0 aromatic rings. The number of likely N-dealkylation sites (tertiary alicyclic amines) is 1. The minimum absolute atomic E-state index is 0.0415. The fraction of sp³-hybridized carbons (Fsp3) is 0.818. The number of amides is 1. The van der Waals surface area contributed by atoms with Crippen molar-refractivity contribution in [2.75, 3.05) is 6.54 Å². The predicted octanol–water partition coefficient (Wildman–Crippen LogP) is 1.56. The number of carbonyl (C=O) groups is 2. The summed E-state index contributed by atoms with van der Waals surface area (Å²) in [6.45, 7) is 8.23. The van der Waals surface area contributed by atoms with E-state index in [1.165, 1.54) is 0 Å². The zero-order valence-electron chi connectivity index (χ0n) is 10.2. The van der Waals surface area contributed by atoms with Crippen LogP contribution in [0.4, 0.5) is 4.79 Å². The molecule has 0 aromatic heterocycles. The molecule has 0 aliphatic carbocycles. The summed E-state index contributed by atoms with van der Waals surface area (Å²) in [5, 5.41) is 0. The van der Waals surface area contributed by atoms with Crippen LogP contribution in [0.15, 0.2) is 0 Å². The smallest absolute Gasteiger partial charge is 0.410 e. The van der Waals surface area contributed by atoms with Crippen LogP contribution < -0.4 is 0 Å². The molecule has 5 heteroatoms. The Balaban J connectivity index is 2.54. The SMILES string of the molecule is C[C@H]1C[C@H](OC=O)CN1C(=O)OC(C)(C)C. The monoisotopic (exact) mass is 229 g/mol. The van der Waals surface area contributed by atoms with Crippen molar-refractivity contribution in [2.45, 2.75) is 51.9 Å². The molecule has 16 heavy (non-hydrogen) atoms. The van der Waals surface area contributed by atoms with Gasteiger partial charge >= 0.3 is 6.09 Å². The van der Waals surface area contributed by atoms with Gasteiger partial charge in [-0.05, 0) is 27.7 Å². The van der Waals surface area contributed by atoms with E-state index in [1.807, 2.05) is 27.7 Å². The maximum atomic E-state index is 11.8. The summed E-state index contributed by atoms with van der Waals surface area (Å²) in [4.78, 5) is 23.6. The normalized spacial score (nSPS) is 25.4. The Bertz CT molecular complexity index is 272. The molecule has 0 saturated carbocycles. The first-order valence-electron chi connectivity index (χ1n) is 5.42. The Kier molecular flexibility index (Phi) is 3.78. The van der Waals surface area contributed by atoms with E-state index in [9.17, 15) is 9.59 Å². The highest BCUT2D eigenvalue weighted by molar-refractivity contribution is 5.69. The number of hydrogen-bond acceptors (Lipinski definition) is 4. The van der Waals surface area contributed by atoms with E-state index in [0.29, 0.717) is 19.4 Å². The molecule has 0 bridgehead atoms. The molecular formula is C11H19NO4. The van der Waals surface area contributed by atoms with Gasteiger partial charge in [-0.2, -0.15) is 0 Å². The van der Waals surface area contributed by atoms with Gasteiger partial charge in [0, 0.05) is 12.5 Å². The van der Waals surface area contributed by atoms with Crippen molar-refractivity contribution in [2.24, 2.45) is 0 Å². The third kappa shape index (κ3) is 3.40. The number of nitrogens with zero attached hydrogens (tertiary/aromatic N) is 1. The third-order valence-electron chi connectivity index (χ3n) is 2.41. The van der Waals surface area contributed by atoms with E-state index in [2.05, 4.69) is 0 Å². The summed E-state index contributed by atoms with van der Waals surface area (Å²) >= 11 is 0. The van der Waals surface area contributed by atoms with Crippen molar-refractivity contribution in [3.05, 3.63) is 0 Å². The summed E-state index contributed by atoms with van der Waals surface area (Å²) in [6.07, 6.45) is 0.106. The lowest BCUT2D eigenvalue weighted by molar-refractivity contribution is -0.133. The van der Waals surface area contributed by atoms with Gasteiger partial charge in [0.1, 0.15) is 11.7 Å². The van der Waals surface area contributed by atoms with Crippen LogP contribution in [0.1, 0.15) is 34.1 Å². The molecule has 0 aromatic carbocycles. The number of rotatable bonds is 2. The van der Waals surface area contributed by atoms with Crippen molar-refractivity contribution in [3.63, 3.8) is 0 Å². The maximum Gasteiger partial charge on any atom is 0.410 e. The second-order valence-electron chi connectivity index (χ2n) is 5.07. The van der Waals surface area contributed by atoms with Crippen molar-refractivity contribution >= 4 is 12.6 Å². The highest BCUT2D eigenvalue weighted by Crippen LogP contribution is 2.22. The molecule has 0 radical (unpaired) electrons. The molecule has 92 valence electrons. The van der Waals surface area contributed by atoms with E-state index in [1.54, 1.807) is 4.90 Å². The molecule has 1 heterocycles. The molecule has 0 unspecified atom stereocenters. The zero-order valence-corrected chi connectivity index (χ0v) is 10.2. The third-order valence-corrected chi connectivity index (χ3v) is 2.41. The van der Waals surface area contributed by atoms with Crippen LogP contribution in [0, 0.1) is 0 Å². The predicted molar refractivity (Wildman–Crippen MR) is 58.0 cm³/mol. The molecule has 1 amide bonds. The average molecular weight is 229 g/mol. The molecule has 1 rings (SSSR count). The highest BCUT2D eigenvalue weighted by Gasteiger charge is 2.35. The molecule has 1 fully saturated rings. The van der Waals surface area contributed by atoms with Gasteiger partial charge in [0.05, 0.1) is 6.54 Å². The quantitative estimate of drug-likeness (QED) is 0.674. The Hall–Kier alpha value is -1.26. The lowest BCUT2D eigenvalue weighted by Crippen LogP contribution is -2.39. The van der Waals surface area contributed by atoms with Gasteiger partial charge in [-0.15, -0.1) is 0 Å². The molecule has 1 aliphatic rings. The van der Waals surface area contributed by atoms with E-state index in [0.717, 1.165) is 0 Å².